The summed E-state index contributed by atoms with van der Waals surface area (Å²) in [4.78, 5) is 80.3. The third kappa shape index (κ3) is 8.76. The molecule has 338 valence electrons. The van der Waals surface area contributed by atoms with Gasteiger partial charge in [-0.2, -0.15) is 4.98 Å². The van der Waals surface area contributed by atoms with Crippen molar-refractivity contribution in [3.8, 4) is 5.75 Å². The standard InChI is InChI=1S/C46H54ClFN10O6/c1-26(2)58-37-7-5-31(17-29(37)18-39(45(58)63)64-25-41(60)49-3)51-42-35(47)19-50-46(53-42)55-13-10-27(11-14-55)20-54-22-32(23-54)56-15-12-33(36(48)24-56)28-4-6-34-30(16-28)21-57(44(34)62)38-8-9-40(59)52-43(38)61/h4-7,16-19,26-27,32-33,36,38H,8-15,20-25H2,1-3H3,(H,49,60)(H,50,51,53)(H,52,59,61). The van der Waals surface area contributed by atoms with Crippen LogP contribution in [-0.2, 0) is 20.9 Å². The zero-order valence-corrected chi connectivity index (χ0v) is 37.1. The highest BCUT2D eigenvalue weighted by atomic mass is 35.5. The zero-order chi connectivity index (χ0) is 44.8. The number of imide groups is 1. The van der Waals surface area contributed by atoms with Crippen LogP contribution in [0.15, 0.2) is 53.5 Å². The normalized spacial score (nSPS) is 22.5. The predicted octanol–water partition coefficient (Wildman–Crippen LogP) is 4.38. The van der Waals surface area contributed by atoms with Crippen molar-refractivity contribution in [1.82, 2.24) is 39.9 Å². The maximum Gasteiger partial charge on any atom is 0.293 e. The number of hydrogen-bond acceptors (Lipinski definition) is 12. The lowest BCUT2D eigenvalue weighted by Crippen LogP contribution is -2.62. The summed E-state index contributed by atoms with van der Waals surface area (Å²) in [5.41, 5.74) is 3.39. The van der Waals surface area contributed by atoms with E-state index in [1.165, 1.54) is 11.9 Å². The predicted molar refractivity (Wildman–Crippen MR) is 240 cm³/mol. The number of alkyl halides is 1. The van der Waals surface area contributed by atoms with Gasteiger partial charge in [0.2, 0.25) is 17.8 Å². The molecule has 4 saturated heterocycles. The number of likely N-dealkylation sites (N-methyl/N-ethyl adjacent to an activating group) is 1. The van der Waals surface area contributed by atoms with Gasteiger partial charge in [-0.15, -0.1) is 0 Å². The van der Waals surface area contributed by atoms with E-state index in [1.807, 2.05) is 44.2 Å². The Hall–Kier alpha value is -5.65. The molecule has 4 amide bonds. The Balaban J connectivity index is 0.749. The molecule has 5 aliphatic rings. The molecule has 0 bridgehead atoms. The number of likely N-dealkylation sites (tertiary alicyclic amines) is 2. The molecule has 2 aromatic carbocycles. The van der Waals surface area contributed by atoms with Crippen molar-refractivity contribution in [1.29, 1.82) is 0 Å². The summed E-state index contributed by atoms with van der Waals surface area (Å²) in [6, 6.07) is 12.4. The van der Waals surface area contributed by atoms with Gasteiger partial charge in [-0.1, -0.05) is 23.7 Å². The van der Waals surface area contributed by atoms with Gasteiger partial charge >= 0.3 is 0 Å². The number of nitrogens with one attached hydrogen (secondary N) is 3. The van der Waals surface area contributed by atoms with Crippen molar-refractivity contribution in [3.05, 3.63) is 80.7 Å². The number of hydrogen-bond donors (Lipinski definition) is 3. The van der Waals surface area contributed by atoms with Gasteiger partial charge in [0, 0.05) is 93.9 Å². The molecule has 5 aliphatic heterocycles. The Morgan fingerprint density at radius 2 is 1.80 bits per heavy atom. The Morgan fingerprint density at radius 1 is 1.00 bits per heavy atom. The van der Waals surface area contributed by atoms with E-state index >= 15 is 4.39 Å². The number of carbonyl (C=O) groups excluding carboxylic acids is 4. The molecule has 0 saturated carbocycles. The fourth-order valence-electron chi connectivity index (χ4n) is 10.0. The fourth-order valence-corrected chi connectivity index (χ4v) is 10.2. The number of amides is 4. The van der Waals surface area contributed by atoms with Crippen molar-refractivity contribution in [2.24, 2.45) is 5.92 Å². The van der Waals surface area contributed by atoms with Crippen LogP contribution in [0, 0.1) is 5.92 Å². The molecule has 16 nitrogen and oxygen atoms in total. The van der Waals surface area contributed by atoms with Crippen molar-refractivity contribution < 1.29 is 28.3 Å². The second-order valence-electron chi connectivity index (χ2n) is 18.0. The van der Waals surface area contributed by atoms with E-state index in [-0.39, 0.29) is 60.6 Å². The first-order valence-corrected chi connectivity index (χ1v) is 22.7. The third-order valence-electron chi connectivity index (χ3n) is 13.6. The molecule has 3 N–H and O–H groups in total. The first-order valence-electron chi connectivity index (χ1n) is 22.3. The topological polar surface area (TPSA) is 174 Å². The summed E-state index contributed by atoms with van der Waals surface area (Å²) in [6.07, 6.45) is 3.80. The number of aromatic nitrogens is 3. The molecule has 18 heteroatoms. The lowest BCUT2D eigenvalue weighted by Gasteiger charge is -2.49. The number of piperidine rings is 3. The highest BCUT2D eigenvalue weighted by molar-refractivity contribution is 6.33. The van der Waals surface area contributed by atoms with E-state index in [0.717, 1.165) is 74.1 Å². The molecular formula is C46H54ClFN10O6. The van der Waals surface area contributed by atoms with E-state index in [1.54, 1.807) is 22.9 Å². The number of nitrogens with zero attached hydrogens (tertiary/aromatic N) is 7. The molecule has 3 atom stereocenters. The van der Waals surface area contributed by atoms with Crippen LogP contribution in [0.25, 0.3) is 10.9 Å². The minimum atomic E-state index is -1.02. The fraction of sp³-hybridized carbons (Fsp3) is 0.500. The Morgan fingerprint density at radius 3 is 2.53 bits per heavy atom. The van der Waals surface area contributed by atoms with Crippen molar-refractivity contribution in [2.45, 2.75) is 82.7 Å². The number of benzene rings is 2. The summed E-state index contributed by atoms with van der Waals surface area (Å²) in [6.45, 7) is 9.55. The molecule has 2 aromatic heterocycles. The van der Waals surface area contributed by atoms with Gasteiger partial charge in [0.25, 0.3) is 17.4 Å². The van der Waals surface area contributed by atoms with Crippen LogP contribution in [-0.4, -0.2) is 131 Å². The van der Waals surface area contributed by atoms with Crippen LogP contribution in [0.4, 0.5) is 21.8 Å². The second kappa shape index (κ2) is 18.1. The minimum absolute atomic E-state index is 0.0888. The highest BCUT2D eigenvalue weighted by Gasteiger charge is 2.42. The molecule has 4 aromatic rings. The van der Waals surface area contributed by atoms with Crippen LogP contribution in [0.1, 0.15) is 79.4 Å². The molecule has 4 fully saturated rings. The Labute approximate surface area is 375 Å². The number of halogens is 2. The van der Waals surface area contributed by atoms with E-state index in [0.29, 0.717) is 59.4 Å². The summed E-state index contributed by atoms with van der Waals surface area (Å²) in [5, 5.41) is 9.30. The minimum Gasteiger partial charge on any atom is -0.478 e. The lowest BCUT2D eigenvalue weighted by molar-refractivity contribution is -0.137. The molecule has 9 rings (SSSR count). The lowest BCUT2D eigenvalue weighted by atomic mass is 9.85. The molecule has 64 heavy (non-hydrogen) atoms. The van der Waals surface area contributed by atoms with E-state index < -0.39 is 18.1 Å². The SMILES string of the molecule is CNC(=O)COc1cc2cc(Nc3nc(N4CCC(CN5CC(N6CCC(c7ccc8c(c7)CN(C7CCC(=O)NC7=O)C8=O)C(F)C6)C5)CC4)ncc3Cl)ccc2n(C(C)C)c1=O. The second-order valence-corrected chi connectivity index (χ2v) is 18.4. The zero-order valence-electron chi connectivity index (χ0n) is 36.3. The first kappa shape index (κ1) is 43.6. The van der Waals surface area contributed by atoms with Gasteiger partial charge < -0.3 is 29.7 Å². The number of fused-ring (bicyclic) bond motifs is 2. The summed E-state index contributed by atoms with van der Waals surface area (Å²) < 4.78 is 23.2. The van der Waals surface area contributed by atoms with Crippen LogP contribution in [0.3, 0.4) is 0 Å². The average Bonchev–Trinajstić information content (AvgIpc) is 3.59. The molecule has 0 aliphatic carbocycles. The summed E-state index contributed by atoms with van der Waals surface area (Å²) in [5.74, 6) is 0.132. The van der Waals surface area contributed by atoms with Crippen molar-refractivity contribution >= 4 is 63.6 Å². The van der Waals surface area contributed by atoms with Crippen molar-refractivity contribution in [3.63, 3.8) is 0 Å². The maximum absolute atomic E-state index is 15.9. The van der Waals surface area contributed by atoms with Crippen LogP contribution < -0.4 is 31.1 Å². The highest BCUT2D eigenvalue weighted by Crippen LogP contribution is 2.37. The molecular weight excluding hydrogens is 843 g/mol. The van der Waals surface area contributed by atoms with Crippen molar-refractivity contribution in [2.75, 3.05) is 69.7 Å². The van der Waals surface area contributed by atoms with Crippen LogP contribution in [0.5, 0.6) is 5.75 Å². The average molecular weight is 897 g/mol. The van der Waals surface area contributed by atoms with Gasteiger partial charge in [0.05, 0.1) is 11.7 Å². The number of pyridine rings is 1. The van der Waals surface area contributed by atoms with Gasteiger partial charge in [0.15, 0.2) is 18.2 Å². The summed E-state index contributed by atoms with van der Waals surface area (Å²) in [7, 11) is 1.51. The van der Waals surface area contributed by atoms with Crippen LogP contribution in [0.2, 0.25) is 5.02 Å². The Bertz CT molecular complexity index is 2540. The van der Waals surface area contributed by atoms with Crippen LogP contribution >= 0.6 is 11.6 Å². The number of rotatable bonds is 12. The third-order valence-corrected chi connectivity index (χ3v) is 13.8. The van der Waals surface area contributed by atoms with E-state index in [2.05, 4.69) is 35.6 Å². The van der Waals surface area contributed by atoms with Gasteiger partial charge in [-0.3, -0.25) is 39.1 Å². The monoisotopic (exact) mass is 896 g/mol. The maximum atomic E-state index is 15.9. The smallest absolute Gasteiger partial charge is 0.293 e. The Kier molecular flexibility index (Phi) is 12.3. The quantitative estimate of drug-likeness (QED) is 0.172. The van der Waals surface area contributed by atoms with Gasteiger partial charge in [-0.25, -0.2) is 9.37 Å². The molecule has 3 unspecified atom stereocenters. The summed E-state index contributed by atoms with van der Waals surface area (Å²) >= 11 is 6.60. The van der Waals surface area contributed by atoms with E-state index in [4.69, 9.17) is 21.3 Å². The molecule has 0 radical (unpaired) electrons. The molecule has 0 spiro atoms. The number of carbonyl (C=O) groups is 4. The van der Waals surface area contributed by atoms with Gasteiger partial charge in [-0.05, 0) is 93.5 Å². The van der Waals surface area contributed by atoms with E-state index in [9.17, 15) is 24.0 Å². The first-order chi connectivity index (χ1) is 30.8. The van der Waals surface area contributed by atoms with Gasteiger partial charge in [0.1, 0.15) is 17.2 Å². The number of ether oxygens (including phenoxy) is 1. The number of anilines is 3. The largest absolute Gasteiger partial charge is 0.478 e. The molecule has 7 heterocycles.